The number of likely N-dealkylation sites (N-methyl/N-ethyl adjacent to an activating group) is 1. The lowest BCUT2D eigenvalue weighted by atomic mass is 10.1. The van der Waals surface area contributed by atoms with E-state index in [-0.39, 0.29) is 0 Å². The van der Waals surface area contributed by atoms with Gasteiger partial charge in [-0.1, -0.05) is 6.92 Å². The van der Waals surface area contributed by atoms with Crippen LogP contribution in [0.1, 0.15) is 40.5 Å². The molecule has 3 atom stereocenters. The Morgan fingerprint density at radius 3 is 2.59 bits per heavy atom. The van der Waals surface area contributed by atoms with Crippen molar-refractivity contribution >= 4 is 0 Å². The summed E-state index contributed by atoms with van der Waals surface area (Å²) >= 11 is 0. The van der Waals surface area contributed by atoms with Gasteiger partial charge in [0, 0.05) is 37.8 Å². The molecule has 1 aliphatic heterocycles. The van der Waals surface area contributed by atoms with Gasteiger partial charge in [-0.25, -0.2) is 0 Å². The predicted octanol–water partition coefficient (Wildman–Crippen LogP) is 1.79. The van der Waals surface area contributed by atoms with Gasteiger partial charge < -0.3 is 10.2 Å². The molecule has 3 nitrogen and oxygen atoms in total. The zero-order chi connectivity index (χ0) is 12.8. The van der Waals surface area contributed by atoms with Crippen LogP contribution in [0.4, 0.5) is 0 Å². The Hall–Kier alpha value is -0.120. The van der Waals surface area contributed by atoms with Crippen molar-refractivity contribution in [3.8, 4) is 0 Å². The maximum absolute atomic E-state index is 3.59. The van der Waals surface area contributed by atoms with Crippen LogP contribution in [0.15, 0.2) is 0 Å². The van der Waals surface area contributed by atoms with Crippen molar-refractivity contribution in [3.63, 3.8) is 0 Å². The number of rotatable bonds is 6. The van der Waals surface area contributed by atoms with Crippen LogP contribution in [0.5, 0.6) is 0 Å². The molecule has 0 amide bonds. The Labute approximate surface area is 108 Å². The Balaban J connectivity index is 2.29. The van der Waals surface area contributed by atoms with Gasteiger partial charge in [-0.3, -0.25) is 4.90 Å². The van der Waals surface area contributed by atoms with Crippen molar-refractivity contribution in [3.05, 3.63) is 0 Å². The minimum absolute atomic E-state index is 0.639. The number of nitrogens with zero attached hydrogens (tertiary/aromatic N) is 2. The SMILES string of the molecule is CCCNC(C)CC(C)N1CCN(C)C(C)C1. The molecule has 0 saturated carbocycles. The first-order valence-corrected chi connectivity index (χ1v) is 7.22. The van der Waals surface area contributed by atoms with E-state index in [0.29, 0.717) is 18.1 Å². The second kappa shape index (κ2) is 7.34. The van der Waals surface area contributed by atoms with Crippen LogP contribution in [0, 0.1) is 0 Å². The van der Waals surface area contributed by atoms with E-state index >= 15 is 0 Å². The van der Waals surface area contributed by atoms with E-state index in [1.165, 1.54) is 32.5 Å². The molecule has 17 heavy (non-hydrogen) atoms. The zero-order valence-corrected chi connectivity index (χ0v) is 12.4. The molecule has 0 radical (unpaired) electrons. The molecular weight excluding hydrogens is 210 g/mol. The van der Waals surface area contributed by atoms with Gasteiger partial charge in [0.2, 0.25) is 0 Å². The molecule has 0 aliphatic carbocycles. The molecular formula is C14H31N3. The number of hydrogen-bond acceptors (Lipinski definition) is 3. The van der Waals surface area contributed by atoms with Crippen LogP contribution in [-0.4, -0.2) is 61.2 Å². The molecule has 1 N–H and O–H groups in total. The van der Waals surface area contributed by atoms with Crippen LogP contribution >= 0.6 is 0 Å². The first kappa shape index (κ1) is 14.9. The first-order valence-electron chi connectivity index (χ1n) is 7.22. The predicted molar refractivity (Wildman–Crippen MR) is 75.5 cm³/mol. The Kier molecular flexibility index (Phi) is 6.45. The van der Waals surface area contributed by atoms with E-state index < -0.39 is 0 Å². The van der Waals surface area contributed by atoms with E-state index in [9.17, 15) is 0 Å². The van der Waals surface area contributed by atoms with Crippen LogP contribution < -0.4 is 5.32 Å². The minimum Gasteiger partial charge on any atom is -0.314 e. The molecule has 1 fully saturated rings. The van der Waals surface area contributed by atoms with Crippen LogP contribution in [0.25, 0.3) is 0 Å². The van der Waals surface area contributed by atoms with Gasteiger partial charge in [0.25, 0.3) is 0 Å². The van der Waals surface area contributed by atoms with Crippen molar-refractivity contribution in [1.29, 1.82) is 0 Å². The summed E-state index contributed by atoms with van der Waals surface area (Å²) in [6.45, 7) is 14.0. The highest BCUT2D eigenvalue weighted by Crippen LogP contribution is 2.13. The van der Waals surface area contributed by atoms with E-state index in [1.807, 2.05) is 0 Å². The Morgan fingerprint density at radius 1 is 1.29 bits per heavy atom. The van der Waals surface area contributed by atoms with Crippen LogP contribution in [-0.2, 0) is 0 Å². The lowest BCUT2D eigenvalue weighted by Crippen LogP contribution is -2.53. The fraction of sp³-hybridized carbons (Fsp3) is 1.00. The molecule has 3 heteroatoms. The molecule has 1 rings (SSSR count). The van der Waals surface area contributed by atoms with Crippen LogP contribution in [0.3, 0.4) is 0 Å². The van der Waals surface area contributed by atoms with E-state index in [0.717, 1.165) is 6.54 Å². The average Bonchev–Trinajstić information content (AvgIpc) is 2.30. The second-order valence-corrected chi connectivity index (χ2v) is 5.76. The topological polar surface area (TPSA) is 18.5 Å². The van der Waals surface area contributed by atoms with E-state index in [4.69, 9.17) is 0 Å². The normalized spacial score (nSPS) is 27.0. The maximum Gasteiger partial charge on any atom is 0.0192 e. The molecule has 102 valence electrons. The van der Waals surface area contributed by atoms with Gasteiger partial charge >= 0.3 is 0 Å². The highest BCUT2D eigenvalue weighted by atomic mass is 15.3. The first-order chi connectivity index (χ1) is 8.04. The van der Waals surface area contributed by atoms with Gasteiger partial charge in [-0.15, -0.1) is 0 Å². The van der Waals surface area contributed by atoms with Crippen molar-refractivity contribution in [2.24, 2.45) is 0 Å². The molecule has 0 aromatic carbocycles. The van der Waals surface area contributed by atoms with Gasteiger partial charge in [0.15, 0.2) is 0 Å². The molecule has 0 aromatic heterocycles. The number of hydrogen-bond donors (Lipinski definition) is 1. The largest absolute Gasteiger partial charge is 0.314 e. The van der Waals surface area contributed by atoms with Gasteiger partial charge in [-0.2, -0.15) is 0 Å². The molecule has 1 heterocycles. The van der Waals surface area contributed by atoms with Crippen molar-refractivity contribution in [2.75, 3.05) is 33.2 Å². The third-order valence-electron chi connectivity index (χ3n) is 4.05. The molecule has 1 saturated heterocycles. The van der Waals surface area contributed by atoms with Crippen molar-refractivity contribution in [2.45, 2.75) is 58.7 Å². The lowest BCUT2D eigenvalue weighted by Gasteiger charge is -2.41. The van der Waals surface area contributed by atoms with Gasteiger partial charge in [-0.05, 0) is 47.2 Å². The summed E-state index contributed by atoms with van der Waals surface area (Å²) in [5.41, 5.74) is 0. The summed E-state index contributed by atoms with van der Waals surface area (Å²) in [6, 6.07) is 2.04. The number of nitrogens with one attached hydrogen (secondary N) is 1. The fourth-order valence-corrected chi connectivity index (χ4v) is 2.61. The molecule has 0 spiro atoms. The highest BCUT2D eigenvalue weighted by Gasteiger charge is 2.24. The monoisotopic (exact) mass is 241 g/mol. The maximum atomic E-state index is 3.59. The summed E-state index contributed by atoms with van der Waals surface area (Å²) in [5, 5.41) is 3.59. The average molecular weight is 241 g/mol. The lowest BCUT2D eigenvalue weighted by molar-refractivity contribution is 0.0716. The molecule has 0 aromatic rings. The summed E-state index contributed by atoms with van der Waals surface area (Å²) in [4.78, 5) is 5.11. The summed E-state index contributed by atoms with van der Waals surface area (Å²) in [5.74, 6) is 0. The summed E-state index contributed by atoms with van der Waals surface area (Å²) in [7, 11) is 2.23. The highest BCUT2D eigenvalue weighted by molar-refractivity contribution is 4.81. The second-order valence-electron chi connectivity index (χ2n) is 5.76. The van der Waals surface area contributed by atoms with Gasteiger partial charge in [0.05, 0.1) is 0 Å². The summed E-state index contributed by atoms with van der Waals surface area (Å²) in [6.07, 6.45) is 2.49. The smallest absolute Gasteiger partial charge is 0.0192 e. The Morgan fingerprint density at radius 2 is 2.00 bits per heavy atom. The summed E-state index contributed by atoms with van der Waals surface area (Å²) < 4.78 is 0. The molecule has 3 unspecified atom stereocenters. The molecule has 1 aliphatic rings. The van der Waals surface area contributed by atoms with Gasteiger partial charge in [0.1, 0.15) is 0 Å². The fourth-order valence-electron chi connectivity index (χ4n) is 2.61. The van der Waals surface area contributed by atoms with E-state index in [1.54, 1.807) is 0 Å². The third-order valence-corrected chi connectivity index (χ3v) is 4.05. The van der Waals surface area contributed by atoms with Crippen LogP contribution in [0.2, 0.25) is 0 Å². The number of piperazine rings is 1. The zero-order valence-electron chi connectivity index (χ0n) is 12.4. The van der Waals surface area contributed by atoms with Crippen molar-refractivity contribution < 1.29 is 0 Å². The quantitative estimate of drug-likeness (QED) is 0.765. The Bertz CT molecular complexity index is 208. The standard InChI is InChI=1S/C14H31N3/c1-6-7-15-12(2)10-13(3)17-9-8-16(5)14(4)11-17/h12-15H,6-11H2,1-5H3. The third kappa shape index (κ3) is 4.94. The molecule has 0 bridgehead atoms. The van der Waals surface area contributed by atoms with Crippen molar-refractivity contribution in [1.82, 2.24) is 15.1 Å². The van der Waals surface area contributed by atoms with E-state index in [2.05, 4.69) is 49.9 Å². The minimum atomic E-state index is 0.639.